The van der Waals surface area contributed by atoms with E-state index in [0.717, 1.165) is 29.9 Å². The van der Waals surface area contributed by atoms with E-state index in [2.05, 4.69) is 5.32 Å². The smallest absolute Gasteiger partial charge is 0.407 e. The Bertz CT molecular complexity index is 815. The average molecular weight is 429 g/mol. The van der Waals surface area contributed by atoms with Gasteiger partial charge in [0.15, 0.2) is 0 Å². The van der Waals surface area contributed by atoms with Gasteiger partial charge in [-0.2, -0.15) is 13.2 Å². The quantitative estimate of drug-likeness (QED) is 0.408. The molecule has 0 spiro atoms. The van der Waals surface area contributed by atoms with Crippen molar-refractivity contribution in [3.63, 3.8) is 0 Å². The summed E-state index contributed by atoms with van der Waals surface area (Å²) in [6.07, 6.45) is -3.38. The maximum atomic E-state index is 13.9. The van der Waals surface area contributed by atoms with E-state index in [-0.39, 0.29) is 5.56 Å². The van der Waals surface area contributed by atoms with E-state index in [4.69, 9.17) is 0 Å². The second-order valence-electron chi connectivity index (χ2n) is 7.31. The fourth-order valence-electron chi connectivity index (χ4n) is 2.94. The number of carbonyl (C=O) groups is 1. The fraction of sp³-hybridized carbons (Fsp3) is 0.381. The molecule has 0 fully saturated rings. The van der Waals surface area contributed by atoms with Crippen LogP contribution in [0, 0.1) is 0 Å². The van der Waals surface area contributed by atoms with Gasteiger partial charge in [0.1, 0.15) is 17.8 Å². The summed E-state index contributed by atoms with van der Waals surface area (Å²) in [7, 11) is 0. The highest BCUT2D eigenvalue weighted by Crippen LogP contribution is 2.35. The molecule has 0 bridgehead atoms. The largest absolute Gasteiger partial charge is 0.480 e. The topological polar surface area (TPSA) is 49.3 Å². The van der Waals surface area contributed by atoms with Crippen molar-refractivity contribution in [1.29, 1.82) is 0 Å². The number of nitrogens with one attached hydrogen (secondary N) is 1. The molecule has 2 atom stereocenters. The summed E-state index contributed by atoms with van der Waals surface area (Å²) in [5, 5.41) is 11.3. The summed E-state index contributed by atoms with van der Waals surface area (Å²) in [6, 6.07) is 9.42. The Kier molecular flexibility index (Phi) is 7.35. The number of carboxylic acids is 1. The molecule has 0 saturated carbocycles. The lowest BCUT2D eigenvalue weighted by atomic mass is 9.97. The Morgan fingerprint density at radius 1 is 1.00 bits per heavy atom. The van der Waals surface area contributed by atoms with Gasteiger partial charge in [-0.1, -0.05) is 36.4 Å². The Morgan fingerprint density at radius 2 is 1.48 bits per heavy atom. The molecule has 0 aliphatic rings. The number of carboxylic acid groups (broad SMARTS) is 1. The molecule has 0 aliphatic heterocycles. The highest BCUT2D eigenvalue weighted by Gasteiger charge is 2.43. The summed E-state index contributed by atoms with van der Waals surface area (Å²) in [6.45, 7) is 2.26. The maximum Gasteiger partial charge on any atom is 0.407 e. The Labute approximate surface area is 171 Å². The molecule has 0 heterocycles. The predicted octanol–water partition coefficient (Wildman–Crippen LogP) is 5.86. The van der Waals surface area contributed by atoms with Crippen molar-refractivity contribution in [2.45, 2.75) is 49.1 Å². The van der Waals surface area contributed by atoms with Crippen LogP contribution in [-0.4, -0.2) is 35.2 Å². The van der Waals surface area contributed by atoms with Gasteiger partial charge in [-0.15, -0.1) is 11.8 Å². The molecule has 2 rings (SSSR count). The summed E-state index contributed by atoms with van der Waals surface area (Å²) in [4.78, 5) is 12.4. The Hall–Kier alpha value is -2.06. The van der Waals surface area contributed by atoms with E-state index in [1.165, 1.54) is 12.1 Å². The van der Waals surface area contributed by atoms with Crippen LogP contribution in [0.5, 0.6) is 0 Å². The molecule has 2 aromatic rings. The number of alkyl halides is 4. The lowest BCUT2D eigenvalue weighted by Crippen LogP contribution is -2.47. The molecule has 2 aromatic carbocycles. The zero-order valence-electron chi connectivity index (χ0n) is 16.3. The minimum absolute atomic E-state index is 0.134. The minimum atomic E-state index is -4.74. The molecule has 0 amide bonds. The van der Waals surface area contributed by atoms with Crippen LogP contribution in [0.4, 0.5) is 17.6 Å². The molecule has 2 N–H and O–H groups in total. The minimum Gasteiger partial charge on any atom is -0.480 e. The molecule has 0 aliphatic carbocycles. The Balaban J connectivity index is 2.29. The fourth-order valence-corrected chi connectivity index (χ4v) is 3.34. The predicted molar refractivity (Wildman–Crippen MR) is 107 cm³/mol. The van der Waals surface area contributed by atoms with Crippen molar-refractivity contribution in [2.24, 2.45) is 0 Å². The first kappa shape index (κ1) is 23.2. The van der Waals surface area contributed by atoms with Crippen LogP contribution < -0.4 is 5.32 Å². The van der Waals surface area contributed by atoms with E-state index in [1.54, 1.807) is 23.9 Å². The molecular formula is C21H23F4NO2S. The number of hydrogen-bond acceptors (Lipinski definition) is 3. The average Bonchev–Trinajstić information content (AvgIpc) is 2.63. The number of halogens is 4. The second-order valence-corrected chi connectivity index (χ2v) is 8.19. The van der Waals surface area contributed by atoms with Crippen LogP contribution in [0.15, 0.2) is 53.4 Å². The van der Waals surface area contributed by atoms with E-state index in [9.17, 15) is 27.5 Å². The van der Waals surface area contributed by atoms with Gasteiger partial charge in [0.05, 0.1) is 0 Å². The molecule has 0 aromatic heterocycles. The van der Waals surface area contributed by atoms with Crippen molar-refractivity contribution in [3.8, 4) is 11.1 Å². The van der Waals surface area contributed by atoms with Gasteiger partial charge in [-0.25, -0.2) is 4.39 Å². The van der Waals surface area contributed by atoms with Crippen molar-refractivity contribution in [3.05, 3.63) is 54.1 Å². The number of hydrogen-bond donors (Lipinski definition) is 2. The van der Waals surface area contributed by atoms with Crippen LogP contribution in [-0.2, 0) is 4.79 Å². The number of aliphatic carboxylic acids is 1. The normalized spacial score (nSPS) is 14.4. The number of rotatable bonds is 8. The third-order valence-corrected chi connectivity index (χ3v) is 5.09. The second kappa shape index (κ2) is 9.17. The first-order chi connectivity index (χ1) is 13.4. The third-order valence-electron chi connectivity index (χ3n) is 4.35. The first-order valence-electron chi connectivity index (χ1n) is 8.89. The molecular weight excluding hydrogens is 406 g/mol. The summed E-state index contributed by atoms with van der Waals surface area (Å²) >= 11 is 1.59. The maximum absolute atomic E-state index is 13.9. The molecule has 158 valence electrons. The van der Waals surface area contributed by atoms with Gasteiger partial charge in [-0.3, -0.25) is 10.1 Å². The highest BCUT2D eigenvalue weighted by atomic mass is 32.2. The van der Waals surface area contributed by atoms with E-state index in [1.807, 2.05) is 30.5 Å². The van der Waals surface area contributed by atoms with Gasteiger partial charge < -0.3 is 5.11 Å². The summed E-state index contributed by atoms with van der Waals surface area (Å²) in [5.74, 6) is -1.53. The third kappa shape index (κ3) is 6.75. The number of thioether (sulfide) groups is 1. The van der Waals surface area contributed by atoms with Crippen molar-refractivity contribution < 1.29 is 27.5 Å². The van der Waals surface area contributed by atoms with Crippen LogP contribution in [0.2, 0.25) is 0 Å². The van der Waals surface area contributed by atoms with Crippen LogP contribution in [0.1, 0.15) is 31.9 Å². The molecule has 8 heteroatoms. The van der Waals surface area contributed by atoms with Gasteiger partial charge in [0.2, 0.25) is 0 Å². The van der Waals surface area contributed by atoms with Crippen LogP contribution in [0.25, 0.3) is 11.1 Å². The SMILES string of the molecule is CSc1ccc(-c2ccc([C@H](NC(CC(C)(C)F)C(=O)O)C(F)(F)F)cc2)cc1. The number of benzene rings is 2. The van der Waals surface area contributed by atoms with Crippen LogP contribution in [0.3, 0.4) is 0 Å². The lowest BCUT2D eigenvalue weighted by Gasteiger charge is -2.28. The van der Waals surface area contributed by atoms with Gasteiger partial charge in [0, 0.05) is 11.3 Å². The molecule has 0 saturated heterocycles. The molecule has 0 radical (unpaired) electrons. The van der Waals surface area contributed by atoms with E-state index >= 15 is 0 Å². The van der Waals surface area contributed by atoms with Crippen molar-refractivity contribution >= 4 is 17.7 Å². The van der Waals surface area contributed by atoms with Crippen molar-refractivity contribution in [2.75, 3.05) is 6.26 Å². The van der Waals surface area contributed by atoms with Crippen molar-refractivity contribution in [1.82, 2.24) is 5.32 Å². The van der Waals surface area contributed by atoms with Gasteiger partial charge >= 0.3 is 12.1 Å². The summed E-state index contributed by atoms with van der Waals surface area (Å²) < 4.78 is 54.7. The van der Waals surface area contributed by atoms with Gasteiger partial charge in [0.25, 0.3) is 0 Å². The zero-order chi connectivity index (χ0) is 21.8. The monoisotopic (exact) mass is 429 g/mol. The first-order valence-corrected chi connectivity index (χ1v) is 10.1. The lowest BCUT2D eigenvalue weighted by molar-refractivity contribution is -0.164. The molecule has 29 heavy (non-hydrogen) atoms. The summed E-state index contributed by atoms with van der Waals surface area (Å²) in [5.41, 5.74) is -0.473. The van der Waals surface area contributed by atoms with Crippen LogP contribution >= 0.6 is 11.8 Å². The van der Waals surface area contributed by atoms with Gasteiger partial charge in [-0.05, 0) is 48.9 Å². The highest BCUT2D eigenvalue weighted by molar-refractivity contribution is 7.98. The molecule has 1 unspecified atom stereocenters. The van der Waals surface area contributed by atoms with E-state index in [0.29, 0.717) is 0 Å². The molecule has 3 nitrogen and oxygen atoms in total. The standard InChI is InChI=1S/C21H23F4NO2S/c1-20(2,22)12-17(19(27)28)26-18(21(23,24)25)15-6-4-13(5-7-15)14-8-10-16(29-3)11-9-14/h4-11,17-18,26H,12H2,1-3H3,(H,27,28)/t17?,18-/m0/s1. The zero-order valence-corrected chi connectivity index (χ0v) is 17.1. The Morgan fingerprint density at radius 3 is 1.86 bits per heavy atom. The van der Waals surface area contributed by atoms with E-state index < -0.39 is 36.3 Å².